The number of pyridine rings is 3. The lowest BCUT2D eigenvalue weighted by Gasteiger charge is -2.38. The molecule has 2 amide bonds. The summed E-state index contributed by atoms with van der Waals surface area (Å²) in [6.07, 6.45) is 6.95. The minimum atomic E-state index is -1.01. The normalized spacial score (nSPS) is 14.8. The summed E-state index contributed by atoms with van der Waals surface area (Å²) in [6.45, 7) is 1.10. The molecule has 0 saturated carbocycles. The second-order valence-electron chi connectivity index (χ2n) is 7.54. The molecular weight excluding hydrogens is 410 g/mol. The Morgan fingerprint density at radius 3 is 2.81 bits per heavy atom. The van der Waals surface area contributed by atoms with E-state index in [4.69, 9.17) is 4.74 Å². The van der Waals surface area contributed by atoms with Crippen molar-refractivity contribution in [2.24, 2.45) is 5.92 Å². The number of methoxy groups -OCH3 is 1. The highest BCUT2D eigenvalue weighted by atomic mass is 16.5. The number of amides is 2. The monoisotopic (exact) mass is 433 g/mol. The van der Waals surface area contributed by atoms with Crippen LogP contribution in [0.5, 0.6) is 5.88 Å². The summed E-state index contributed by atoms with van der Waals surface area (Å²) in [7, 11) is 1.50. The van der Waals surface area contributed by atoms with E-state index >= 15 is 0 Å². The number of hydrogen-bond donors (Lipinski definition) is 2. The van der Waals surface area contributed by atoms with Crippen LogP contribution >= 0.6 is 0 Å². The zero-order valence-electron chi connectivity index (χ0n) is 17.5. The van der Waals surface area contributed by atoms with E-state index in [1.165, 1.54) is 13.3 Å². The molecule has 3 aromatic heterocycles. The van der Waals surface area contributed by atoms with Crippen molar-refractivity contribution < 1.29 is 19.4 Å². The fraction of sp³-hybridized carbons (Fsp3) is 0.261. The van der Waals surface area contributed by atoms with Crippen LogP contribution in [-0.2, 0) is 4.79 Å². The van der Waals surface area contributed by atoms with E-state index in [-0.39, 0.29) is 18.4 Å². The smallest absolute Gasteiger partial charge is 0.317 e. The molecule has 9 nitrogen and oxygen atoms in total. The molecule has 164 valence electrons. The second-order valence-corrected chi connectivity index (χ2v) is 7.54. The van der Waals surface area contributed by atoms with Gasteiger partial charge < -0.3 is 20.1 Å². The first-order valence-corrected chi connectivity index (χ1v) is 10.2. The van der Waals surface area contributed by atoms with Gasteiger partial charge in [-0.1, -0.05) is 12.1 Å². The van der Waals surface area contributed by atoms with E-state index < -0.39 is 12.0 Å². The zero-order chi connectivity index (χ0) is 22.5. The lowest BCUT2D eigenvalue weighted by Crippen LogP contribution is -2.53. The van der Waals surface area contributed by atoms with Crippen molar-refractivity contribution >= 4 is 29.1 Å². The van der Waals surface area contributed by atoms with Crippen molar-refractivity contribution in [3.8, 4) is 5.88 Å². The Labute approximate surface area is 184 Å². The maximum absolute atomic E-state index is 12.6. The molecule has 4 heterocycles. The number of rotatable bonds is 7. The molecule has 0 aromatic carbocycles. The van der Waals surface area contributed by atoms with Crippen molar-refractivity contribution in [3.05, 3.63) is 66.1 Å². The fourth-order valence-corrected chi connectivity index (χ4v) is 3.48. The predicted molar refractivity (Wildman–Crippen MR) is 118 cm³/mol. The number of carboxylic acid groups (broad SMARTS) is 1. The summed E-state index contributed by atoms with van der Waals surface area (Å²) in [4.78, 5) is 38.4. The Bertz CT molecular complexity index is 1140. The summed E-state index contributed by atoms with van der Waals surface area (Å²) < 4.78 is 5.03. The highest BCUT2D eigenvalue weighted by Gasteiger charge is 2.30. The van der Waals surface area contributed by atoms with Gasteiger partial charge in [0.25, 0.3) is 0 Å². The van der Waals surface area contributed by atoms with Gasteiger partial charge in [-0.2, -0.15) is 0 Å². The average molecular weight is 433 g/mol. The quantitative estimate of drug-likeness (QED) is 0.588. The lowest BCUT2D eigenvalue weighted by molar-refractivity contribution is -0.137. The highest BCUT2D eigenvalue weighted by Crippen LogP contribution is 2.22. The standard InChI is InChI=1S/C23H23N5O4/c1-32-20-9-6-17(12-25-20)19(11-21(29)30)27-23(31)28-13-15(14-28)4-7-18-8-5-16-3-2-10-24-22(16)26-18/h2-10,12,15,19H,11,13-14H2,1H3,(H,27,31)(H,29,30). The molecule has 3 aromatic rings. The molecule has 32 heavy (non-hydrogen) atoms. The van der Waals surface area contributed by atoms with Gasteiger partial charge in [-0.05, 0) is 35.9 Å². The minimum Gasteiger partial charge on any atom is -0.481 e. The number of likely N-dealkylation sites (tertiary alicyclic amines) is 1. The number of urea groups is 1. The molecule has 0 bridgehead atoms. The summed E-state index contributed by atoms with van der Waals surface area (Å²) in [5.74, 6) is -0.376. The third kappa shape index (κ3) is 5.00. The molecule has 0 aliphatic carbocycles. The molecule has 1 fully saturated rings. The van der Waals surface area contributed by atoms with E-state index in [2.05, 4.69) is 20.3 Å². The number of nitrogens with zero attached hydrogens (tertiary/aromatic N) is 4. The van der Waals surface area contributed by atoms with Gasteiger partial charge in [-0.3, -0.25) is 4.79 Å². The van der Waals surface area contributed by atoms with Gasteiger partial charge >= 0.3 is 12.0 Å². The van der Waals surface area contributed by atoms with Crippen molar-refractivity contribution in [1.29, 1.82) is 0 Å². The van der Waals surface area contributed by atoms with Gasteiger partial charge in [0, 0.05) is 42.9 Å². The maximum Gasteiger partial charge on any atom is 0.317 e. The first kappa shape index (κ1) is 21.2. The molecule has 1 saturated heterocycles. The Morgan fingerprint density at radius 2 is 2.09 bits per heavy atom. The van der Waals surface area contributed by atoms with Gasteiger partial charge in [-0.15, -0.1) is 0 Å². The number of aliphatic carboxylic acids is 1. The first-order valence-electron chi connectivity index (χ1n) is 10.2. The summed E-state index contributed by atoms with van der Waals surface area (Å²) >= 11 is 0. The van der Waals surface area contributed by atoms with E-state index in [1.807, 2.05) is 36.4 Å². The van der Waals surface area contributed by atoms with E-state index in [0.29, 0.717) is 30.2 Å². The predicted octanol–water partition coefficient (Wildman–Crippen LogP) is 2.90. The van der Waals surface area contributed by atoms with Crippen LogP contribution in [0, 0.1) is 5.92 Å². The number of hydrogen-bond acceptors (Lipinski definition) is 6. The maximum atomic E-state index is 12.6. The number of carbonyl (C=O) groups excluding carboxylic acids is 1. The van der Waals surface area contributed by atoms with E-state index in [9.17, 15) is 14.7 Å². The van der Waals surface area contributed by atoms with Crippen molar-refractivity contribution in [2.75, 3.05) is 20.2 Å². The largest absolute Gasteiger partial charge is 0.481 e. The Hall–Kier alpha value is -4.01. The molecule has 9 heteroatoms. The molecule has 2 N–H and O–H groups in total. The number of carbonyl (C=O) groups is 2. The summed E-state index contributed by atoms with van der Waals surface area (Å²) in [5, 5.41) is 13.0. The van der Waals surface area contributed by atoms with Crippen LogP contribution < -0.4 is 10.1 Å². The number of fused-ring (bicyclic) bond motifs is 1. The SMILES string of the molecule is COc1ccc(C(CC(=O)O)NC(=O)N2CC(C=Cc3ccc4cccnc4n3)C2)cn1. The second kappa shape index (κ2) is 9.42. The summed E-state index contributed by atoms with van der Waals surface area (Å²) in [6, 6.07) is 10.1. The van der Waals surface area contributed by atoms with Gasteiger partial charge in [0.05, 0.1) is 25.3 Å². The van der Waals surface area contributed by atoms with Crippen LogP contribution in [0.3, 0.4) is 0 Å². The van der Waals surface area contributed by atoms with E-state index in [0.717, 1.165) is 11.1 Å². The van der Waals surface area contributed by atoms with Crippen molar-refractivity contribution in [3.63, 3.8) is 0 Å². The van der Waals surface area contributed by atoms with Crippen LogP contribution in [0.1, 0.15) is 23.7 Å². The molecule has 0 radical (unpaired) electrons. The number of carboxylic acids is 1. The van der Waals surface area contributed by atoms with Gasteiger partial charge in [0.15, 0.2) is 5.65 Å². The number of ether oxygens (including phenoxy) is 1. The van der Waals surface area contributed by atoms with E-state index in [1.54, 1.807) is 23.2 Å². The van der Waals surface area contributed by atoms with Gasteiger partial charge in [0.2, 0.25) is 5.88 Å². The zero-order valence-corrected chi connectivity index (χ0v) is 17.5. The van der Waals surface area contributed by atoms with Crippen LogP contribution in [-0.4, -0.2) is 57.2 Å². The van der Waals surface area contributed by atoms with Crippen LogP contribution in [0.25, 0.3) is 17.1 Å². The fourth-order valence-electron chi connectivity index (χ4n) is 3.48. The van der Waals surface area contributed by atoms with Crippen molar-refractivity contribution in [1.82, 2.24) is 25.2 Å². The molecule has 1 aliphatic heterocycles. The molecule has 0 spiro atoms. The molecule has 1 unspecified atom stereocenters. The lowest BCUT2D eigenvalue weighted by atomic mass is 9.99. The Morgan fingerprint density at radius 1 is 1.25 bits per heavy atom. The average Bonchev–Trinajstić information content (AvgIpc) is 2.77. The van der Waals surface area contributed by atoms with Crippen LogP contribution in [0.2, 0.25) is 0 Å². The van der Waals surface area contributed by atoms with Crippen LogP contribution in [0.4, 0.5) is 4.79 Å². The molecular formula is C23H23N5O4. The number of aromatic nitrogens is 3. The molecule has 4 rings (SSSR count). The highest BCUT2D eigenvalue weighted by molar-refractivity contribution is 5.77. The van der Waals surface area contributed by atoms with Crippen LogP contribution in [0.15, 0.2) is 54.9 Å². The Balaban J connectivity index is 1.33. The van der Waals surface area contributed by atoms with Crippen molar-refractivity contribution in [2.45, 2.75) is 12.5 Å². The third-order valence-corrected chi connectivity index (χ3v) is 5.27. The van der Waals surface area contributed by atoms with Gasteiger partial charge in [0.1, 0.15) is 0 Å². The topological polar surface area (TPSA) is 118 Å². The Kier molecular flexibility index (Phi) is 6.25. The van der Waals surface area contributed by atoms with Gasteiger partial charge in [-0.25, -0.2) is 19.7 Å². The first-order chi connectivity index (χ1) is 15.5. The minimum absolute atomic E-state index is 0.211. The number of nitrogens with one attached hydrogen (secondary N) is 1. The molecule has 1 atom stereocenters. The third-order valence-electron chi connectivity index (χ3n) is 5.27. The molecule has 1 aliphatic rings. The summed E-state index contributed by atoms with van der Waals surface area (Å²) in [5.41, 5.74) is 2.11.